The van der Waals surface area contributed by atoms with Crippen molar-refractivity contribution in [3.8, 4) is 0 Å². The Morgan fingerprint density at radius 2 is 1.94 bits per heavy atom. The summed E-state index contributed by atoms with van der Waals surface area (Å²) in [5, 5.41) is 20.2. The van der Waals surface area contributed by atoms with Crippen molar-refractivity contribution < 1.29 is 19.0 Å². The molecule has 0 radical (unpaired) electrons. The third kappa shape index (κ3) is 5.09. The number of hydrogen-bond acceptors (Lipinski definition) is 3. The highest BCUT2D eigenvalue weighted by atomic mass is 19.3. The van der Waals surface area contributed by atoms with E-state index in [1.807, 2.05) is 0 Å². The first-order chi connectivity index (χ1) is 14.8. The highest BCUT2D eigenvalue weighted by Crippen LogP contribution is 2.58. The van der Waals surface area contributed by atoms with Gasteiger partial charge in [0.2, 0.25) is 0 Å². The Balaban J connectivity index is 1.37. The van der Waals surface area contributed by atoms with Crippen LogP contribution in [0.15, 0.2) is 23.3 Å². The molecule has 1 saturated heterocycles. The maximum absolute atomic E-state index is 13.3. The number of rotatable bonds is 5. The maximum Gasteiger partial charge on any atom is 0.268 e. The average Bonchev–Trinajstić information content (AvgIpc) is 3.07. The molecule has 5 heteroatoms. The second kappa shape index (κ2) is 9.61. The Labute approximate surface area is 186 Å². The Morgan fingerprint density at radius 1 is 1.10 bits per heavy atom. The minimum Gasteiger partial charge on any atom is -0.393 e. The SMILES string of the molecule is CC12CCC/C(=C\C=C3\CCCC(O)C3)C1CC[C@@H]2CCN1CCCC(O)(C(F)F)C1. The largest absolute Gasteiger partial charge is 0.393 e. The fourth-order valence-electron chi connectivity index (χ4n) is 7.13. The van der Waals surface area contributed by atoms with Crippen LogP contribution in [0.1, 0.15) is 84.0 Å². The van der Waals surface area contributed by atoms with Crippen LogP contribution in [0.2, 0.25) is 0 Å². The average molecular weight is 438 g/mol. The van der Waals surface area contributed by atoms with Gasteiger partial charge in [-0.1, -0.05) is 30.2 Å². The van der Waals surface area contributed by atoms with E-state index in [1.54, 1.807) is 5.57 Å². The number of piperidine rings is 1. The molecule has 1 aliphatic heterocycles. The number of alkyl halides is 2. The lowest BCUT2D eigenvalue weighted by Gasteiger charge is -2.44. The lowest BCUT2D eigenvalue weighted by molar-refractivity contribution is -0.132. The van der Waals surface area contributed by atoms with E-state index < -0.39 is 12.0 Å². The Kier molecular flexibility index (Phi) is 7.24. The molecule has 0 aromatic heterocycles. The van der Waals surface area contributed by atoms with E-state index in [-0.39, 0.29) is 19.1 Å². The van der Waals surface area contributed by atoms with Crippen molar-refractivity contribution in [3.63, 3.8) is 0 Å². The number of hydrogen-bond donors (Lipinski definition) is 2. The summed E-state index contributed by atoms with van der Waals surface area (Å²) in [5.74, 6) is 1.27. The first kappa shape index (κ1) is 23.4. The van der Waals surface area contributed by atoms with Gasteiger partial charge >= 0.3 is 0 Å². The van der Waals surface area contributed by atoms with E-state index in [0.717, 1.165) is 45.2 Å². The molecule has 0 amide bonds. The minimum absolute atomic E-state index is 0.113. The second-order valence-corrected chi connectivity index (χ2v) is 11.1. The van der Waals surface area contributed by atoms with Gasteiger partial charge in [0.25, 0.3) is 6.43 Å². The Morgan fingerprint density at radius 3 is 2.71 bits per heavy atom. The van der Waals surface area contributed by atoms with E-state index in [1.165, 1.54) is 37.7 Å². The second-order valence-electron chi connectivity index (χ2n) is 11.1. The summed E-state index contributed by atoms with van der Waals surface area (Å²) in [6.07, 6.45) is 13.9. The fourth-order valence-corrected chi connectivity index (χ4v) is 7.13. The molecule has 4 rings (SSSR count). The molecule has 0 aromatic carbocycles. The number of nitrogens with zero attached hydrogens (tertiary/aromatic N) is 1. The number of aliphatic hydroxyl groups is 2. The molecule has 0 aromatic rings. The molecule has 0 spiro atoms. The molecule has 4 aliphatic rings. The predicted molar refractivity (Wildman–Crippen MR) is 120 cm³/mol. The summed E-state index contributed by atoms with van der Waals surface area (Å²) in [7, 11) is 0. The van der Waals surface area contributed by atoms with Crippen LogP contribution >= 0.6 is 0 Å². The van der Waals surface area contributed by atoms with E-state index >= 15 is 0 Å². The third-order valence-electron chi connectivity index (χ3n) is 9.01. The molecule has 3 aliphatic carbocycles. The zero-order valence-corrected chi connectivity index (χ0v) is 19.2. The summed E-state index contributed by atoms with van der Waals surface area (Å²) >= 11 is 0. The normalized spacial score (nSPS) is 42.5. The van der Waals surface area contributed by atoms with Crippen molar-refractivity contribution in [1.82, 2.24) is 4.90 Å². The van der Waals surface area contributed by atoms with Crippen LogP contribution < -0.4 is 0 Å². The summed E-state index contributed by atoms with van der Waals surface area (Å²) in [6.45, 7) is 4.23. The number of aliphatic hydroxyl groups excluding tert-OH is 1. The standard InChI is InChI=1S/C26H41F2NO2/c1-25-13-3-6-20(9-8-19-5-2-7-22(30)17-19)23(25)11-10-21(25)12-16-29-15-4-14-26(31,18-29)24(27)28/h8-9,21-24,30-31H,2-7,10-18H2,1H3/b19-8-,20-9+/t21-,22?,23?,25?,26?/m1/s1. The first-order valence-corrected chi connectivity index (χ1v) is 12.6. The van der Waals surface area contributed by atoms with Gasteiger partial charge in [0, 0.05) is 6.54 Å². The quantitative estimate of drug-likeness (QED) is 0.599. The van der Waals surface area contributed by atoms with Gasteiger partial charge in [0.15, 0.2) is 0 Å². The monoisotopic (exact) mass is 437 g/mol. The molecule has 4 unspecified atom stereocenters. The van der Waals surface area contributed by atoms with Crippen LogP contribution in [-0.2, 0) is 0 Å². The maximum atomic E-state index is 13.3. The zero-order chi connectivity index (χ0) is 22.1. The first-order valence-electron chi connectivity index (χ1n) is 12.6. The molecular formula is C26H41F2NO2. The highest BCUT2D eigenvalue weighted by molar-refractivity contribution is 5.25. The van der Waals surface area contributed by atoms with Crippen LogP contribution in [0.5, 0.6) is 0 Å². The van der Waals surface area contributed by atoms with E-state index in [9.17, 15) is 19.0 Å². The topological polar surface area (TPSA) is 43.7 Å². The Hall–Kier alpha value is -0.780. The molecule has 176 valence electrons. The van der Waals surface area contributed by atoms with Gasteiger partial charge in [-0.25, -0.2) is 8.78 Å². The van der Waals surface area contributed by atoms with Crippen LogP contribution in [0.3, 0.4) is 0 Å². The number of halogens is 2. The zero-order valence-electron chi connectivity index (χ0n) is 19.2. The molecular weight excluding hydrogens is 396 g/mol. The number of likely N-dealkylation sites (tertiary alicyclic amines) is 1. The van der Waals surface area contributed by atoms with Crippen molar-refractivity contribution in [3.05, 3.63) is 23.3 Å². The van der Waals surface area contributed by atoms with Gasteiger partial charge in [-0.3, -0.25) is 0 Å². The van der Waals surface area contributed by atoms with Crippen molar-refractivity contribution >= 4 is 0 Å². The molecule has 4 fully saturated rings. The fraction of sp³-hybridized carbons (Fsp3) is 0.846. The lowest BCUT2D eigenvalue weighted by Crippen LogP contribution is -2.53. The van der Waals surface area contributed by atoms with Crippen LogP contribution in [-0.4, -0.2) is 52.9 Å². The van der Waals surface area contributed by atoms with Crippen molar-refractivity contribution in [2.24, 2.45) is 17.3 Å². The van der Waals surface area contributed by atoms with Gasteiger partial charge in [-0.2, -0.15) is 0 Å². The number of allylic oxidation sites excluding steroid dienone is 3. The third-order valence-corrected chi connectivity index (χ3v) is 9.01. The molecule has 3 saturated carbocycles. The molecule has 5 atom stereocenters. The van der Waals surface area contributed by atoms with Crippen LogP contribution in [0.4, 0.5) is 8.78 Å². The van der Waals surface area contributed by atoms with Gasteiger partial charge in [-0.05, 0) is 107 Å². The van der Waals surface area contributed by atoms with Gasteiger partial charge in [0.1, 0.15) is 5.60 Å². The predicted octanol–water partition coefficient (Wildman–Crippen LogP) is 5.47. The number of fused-ring (bicyclic) bond motifs is 1. The molecule has 31 heavy (non-hydrogen) atoms. The molecule has 1 heterocycles. The van der Waals surface area contributed by atoms with Crippen LogP contribution in [0.25, 0.3) is 0 Å². The van der Waals surface area contributed by atoms with E-state index in [0.29, 0.717) is 23.7 Å². The van der Waals surface area contributed by atoms with Crippen molar-refractivity contribution in [1.29, 1.82) is 0 Å². The smallest absolute Gasteiger partial charge is 0.268 e. The van der Waals surface area contributed by atoms with Gasteiger partial charge in [0.05, 0.1) is 6.10 Å². The minimum atomic E-state index is -2.66. The van der Waals surface area contributed by atoms with Crippen molar-refractivity contribution in [2.75, 3.05) is 19.6 Å². The van der Waals surface area contributed by atoms with Crippen molar-refractivity contribution in [2.45, 2.75) is 102 Å². The Bertz CT molecular complexity index is 693. The summed E-state index contributed by atoms with van der Waals surface area (Å²) in [5.41, 5.74) is 1.48. The summed E-state index contributed by atoms with van der Waals surface area (Å²) < 4.78 is 26.5. The van der Waals surface area contributed by atoms with Crippen LogP contribution in [0, 0.1) is 17.3 Å². The highest BCUT2D eigenvalue weighted by Gasteiger charge is 2.49. The summed E-state index contributed by atoms with van der Waals surface area (Å²) in [4.78, 5) is 2.07. The number of β-amino-alcohol motifs (C(OH)–C–C–N with tert-alkyl or cyclic N) is 1. The van der Waals surface area contributed by atoms with E-state index in [2.05, 4.69) is 24.0 Å². The van der Waals surface area contributed by atoms with Gasteiger partial charge < -0.3 is 15.1 Å². The van der Waals surface area contributed by atoms with E-state index in [4.69, 9.17) is 0 Å². The molecule has 3 nitrogen and oxygen atoms in total. The van der Waals surface area contributed by atoms with Gasteiger partial charge in [-0.15, -0.1) is 0 Å². The molecule has 0 bridgehead atoms. The summed E-state index contributed by atoms with van der Waals surface area (Å²) in [6, 6.07) is 0. The molecule has 2 N–H and O–H groups in total. The lowest BCUT2D eigenvalue weighted by atomic mass is 9.63.